The summed E-state index contributed by atoms with van der Waals surface area (Å²) in [4.78, 5) is 18.0. The molecule has 0 aliphatic carbocycles. The Labute approximate surface area is 102 Å². The van der Waals surface area contributed by atoms with E-state index in [1.54, 1.807) is 11.2 Å². The van der Waals surface area contributed by atoms with Crippen LogP contribution in [-0.4, -0.2) is 41.0 Å². The Balaban J connectivity index is 2.35. The zero-order chi connectivity index (χ0) is 12.6. The first-order chi connectivity index (χ1) is 7.97. The molecule has 1 unspecified atom stereocenters. The Hall–Kier alpha value is -1.36. The summed E-state index contributed by atoms with van der Waals surface area (Å²) < 4.78 is 2.00. The zero-order valence-corrected chi connectivity index (χ0v) is 10.9. The minimum Gasteiger partial charge on any atom is -0.344 e. The summed E-state index contributed by atoms with van der Waals surface area (Å²) >= 11 is 0. The normalized spacial score (nSPS) is 21.3. The minimum atomic E-state index is -0.183. The molecule has 1 aromatic heterocycles. The SMILES string of the molecule is CNC(C)(C)c1cncn1C1CCN(C)C1=O. The van der Waals surface area contributed by atoms with Crippen molar-refractivity contribution in [3.8, 4) is 0 Å². The van der Waals surface area contributed by atoms with Crippen molar-refractivity contribution in [2.45, 2.75) is 31.8 Å². The van der Waals surface area contributed by atoms with E-state index >= 15 is 0 Å². The van der Waals surface area contributed by atoms with Crippen molar-refractivity contribution < 1.29 is 4.79 Å². The van der Waals surface area contributed by atoms with Gasteiger partial charge < -0.3 is 14.8 Å². The van der Waals surface area contributed by atoms with Gasteiger partial charge in [-0.1, -0.05) is 0 Å². The molecule has 5 heteroatoms. The van der Waals surface area contributed by atoms with Crippen LogP contribution in [0.4, 0.5) is 0 Å². The fraction of sp³-hybridized carbons (Fsp3) is 0.667. The molecule has 2 heterocycles. The van der Waals surface area contributed by atoms with Crippen LogP contribution in [0.25, 0.3) is 0 Å². The van der Waals surface area contributed by atoms with Gasteiger partial charge in [0, 0.05) is 13.6 Å². The molecule has 2 rings (SSSR count). The molecule has 1 fully saturated rings. The van der Waals surface area contributed by atoms with Gasteiger partial charge in [0.15, 0.2) is 0 Å². The number of nitrogens with zero attached hydrogens (tertiary/aromatic N) is 3. The second-order valence-corrected chi connectivity index (χ2v) is 5.13. The summed E-state index contributed by atoms with van der Waals surface area (Å²) in [7, 11) is 3.77. The predicted molar refractivity (Wildman–Crippen MR) is 65.6 cm³/mol. The molecular weight excluding hydrogens is 216 g/mol. The van der Waals surface area contributed by atoms with E-state index in [1.807, 2.05) is 24.9 Å². The van der Waals surface area contributed by atoms with E-state index in [1.165, 1.54) is 0 Å². The van der Waals surface area contributed by atoms with Crippen molar-refractivity contribution in [2.24, 2.45) is 0 Å². The Morgan fingerprint density at radius 1 is 1.53 bits per heavy atom. The van der Waals surface area contributed by atoms with E-state index < -0.39 is 0 Å². The highest BCUT2D eigenvalue weighted by Gasteiger charge is 2.34. The van der Waals surface area contributed by atoms with Crippen LogP contribution < -0.4 is 5.32 Å². The quantitative estimate of drug-likeness (QED) is 0.842. The number of hydrogen-bond acceptors (Lipinski definition) is 3. The van der Waals surface area contributed by atoms with Gasteiger partial charge in [-0.05, 0) is 27.3 Å². The number of likely N-dealkylation sites (N-methyl/N-ethyl adjacent to an activating group) is 1. The third-order valence-electron chi connectivity index (χ3n) is 3.67. The van der Waals surface area contributed by atoms with Crippen LogP contribution in [-0.2, 0) is 10.3 Å². The standard InChI is InChI=1S/C12H20N4O/c1-12(2,13-3)10-7-14-8-16(10)9-5-6-15(4)11(9)17/h7-9,13H,5-6H2,1-4H3. The molecule has 1 aliphatic rings. The lowest BCUT2D eigenvalue weighted by molar-refractivity contribution is -0.129. The Kier molecular flexibility index (Phi) is 2.95. The van der Waals surface area contributed by atoms with Gasteiger partial charge in [0.1, 0.15) is 6.04 Å². The monoisotopic (exact) mass is 236 g/mol. The molecular formula is C12H20N4O. The van der Waals surface area contributed by atoms with Crippen molar-refractivity contribution in [1.29, 1.82) is 0 Å². The molecule has 5 nitrogen and oxygen atoms in total. The van der Waals surface area contributed by atoms with Gasteiger partial charge in [-0.15, -0.1) is 0 Å². The van der Waals surface area contributed by atoms with E-state index in [4.69, 9.17) is 0 Å². The molecule has 1 amide bonds. The molecule has 0 radical (unpaired) electrons. The maximum atomic E-state index is 12.0. The van der Waals surface area contributed by atoms with Gasteiger partial charge in [0.05, 0.1) is 23.8 Å². The summed E-state index contributed by atoms with van der Waals surface area (Å²) in [6, 6.07) is -0.0925. The number of likely N-dealkylation sites (tertiary alicyclic amines) is 1. The van der Waals surface area contributed by atoms with E-state index in [-0.39, 0.29) is 17.5 Å². The van der Waals surface area contributed by atoms with Crippen molar-refractivity contribution in [2.75, 3.05) is 20.6 Å². The van der Waals surface area contributed by atoms with Crippen molar-refractivity contribution in [3.63, 3.8) is 0 Å². The molecule has 0 bridgehead atoms. The highest BCUT2D eigenvalue weighted by atomic mass is 16.2. The summed E-state index contributed by atoms with van der Waals surface area (Å²) in [5.74, 6) is 0.177. The molecule has 1 aliphatic heterocycles. The average Bonchev–Trinajstić information content (AvgIpc) is 2.88. The average molecular weight is 236 g/mol. The lowest BCUT2D eigenvalue weighted by Gasteiger charge is -2.27. The van der Waals surface area contributed by atoms with Crippen LogP contribution in [0.2, 0.25) is 0 Å². The topological polar surface area (TPSA) is 50.2 Å². The number of nitrogens with one attached hydrogen (secondary N) is 1. The lowest BCUT2D eigenvalue weighted by atomic mass is 10.0. The third-order valence-corrected chi connectivity index (χ3v) is 3.67. The van der Waals surface area contributed by atoms with Crippen LogP contribution in [0, 0.1) is 0 Å². The number of carbonyl (C=O) groups is 1. The summed E-state index contributed by atoms with van der Waals surface area (Å²) in [6.07, 6.45) is 4.46. The maximum absolute atomic E-state index is 12.0. The lowest BCUT2D eigenvalue weighted by Crippen LogP contribution is -2.37. The molecule has 0 saturated carbocycles. The highest BCUT2D eigenvalue weighted by Crippen LogP contribution is 2.28. The first-order valence-corrected chi connectivity index (χ1v) is 5.93. The van der Waals surface area contributed by atoms with E-state index in [2.05, 4.69) is 24.1 Å². The molecule has 94 valence electrons. The van der Waals surface area contributed by atoms with Gasteiger partial charge in [-0.3, -0.25) is 4.79 Å². The fourth-order valence-electron chi connectivity index (χ4n) is 2.23. The minimum absolute atomic E-state index is 0.0925. The van der Waals surface area contributed by atoms with E-state index in [0.29, 0.717) is 0 Å². The fourth-order valence-corrected chi connectivity index (χ4v) is 2.23. The number of hydrogen-bond donors (Lipinski definition) is 1. The van der Waals surface area contributed by atoms with Gasteiger partial charge in [-0.2, -0.15) is 0 Å². The smallest absolute Gasteiger partial charge is 0.245 e. The first-order valence-electron chi connectivity index (χ1n) is 5.93. The molecule has 1 saturated heterocycles. The Morgan fingerprint density at radius 3 is 2.76 bits per heavy atom. The Morgan fingerprint density at radius 2 is 2.24 bits per heavy atom. The zero-order valence-electron chi connectivity index (χ0n) is 10.9. The second-order valence-electron chi connectivity index (χ2n) is 5.13. The van der Waals surface area contributed by atoms with Crippen LogP contribution in [0.15, 0.2) is 12.5 Å². The van der Waals surface area contributed by atoms with E-state index in [0.717, 1.165) is 18.7 Å². The van der Waals surface area contributed by atoms with Crippen molar-refractivity contribution in [3.05, 3.63) is 18.2 Å². The third kappa shape index (κ3) is 1.95. The largest absolute Gasteiger partial charge is 0.344 e. The number of imidazole rings is 1. The summed E-state index contributed by atoms with van der Waals surface area (Å²) in [5, 5.41) is 3.25. The van der Waals surface area contributed by atoms with Gasteiger partial charge in [0.25, 0.3) is 0 Å². The van der Waals surface area contributed by atoms with Crippen LogP contribution in [0.1, 0.15) is 32.0 Å². The van der Waals surface area contributed by atoms with Crippen LogP contribution in [0.3, 0.4) is 0 Å². The Bertz CT molecular complexity index is 424. The molecule has 1 N–H and O–H groups in total. The first kappa shape index (κ1) is 12.1. The predicted octanol–water partition coefficient (Wildman–Crippen LogP) is 0.741. The number of aromatic nitrogens is 2. The van der Waals surface area contributed by atoms with Crippen LogP contribution >= 0.6 is 0 Å². The summed E-state index contributed by atoms with van der Waals surface area (Å²) in [6.45, 7) is 4.99. The maximum Gasteiger partial charge on any atom is 0.245 e. The number of carbonyl (C=O) groups excluding carboxylic acids is 1. The summed E-state index contributed by atoms with van der Waals surface area (Å²) in [5.41, 5.74) is 0.867. The second kappa shape index (κ2) is 4.14. The van der Waals surface area contributed by atoms with Crippen molar-refractivity contribution >= 4 is 5.91 Å². The van der Waals surface area contributed by atoms with Gasteiger partial charge >= 0.3 is 0 Å². The number of rotatable bonds is 3. The number of amides is 1. The van der Waals surface area contributed by atoms with Crippen molar-refractivity contribution in [1.82, 2.24) is 19.8 Å². The highest BCUT2D eigenvalue weighted by molar-refractivity contribution is 5.82. The van der Waals surface area contributed by atoms with Gasteiger partial charge in [0.2, 0.25) is 5.91 Å². The molecule has 1 aromatic rings. The molecule has 0 aromatic carbocycles. The molecule has 17 heavy (non-hydrogen) atoms. The molecule has 1 atom stereocenters. The van der Waals surface area contributed by atoms with Crippen LogP contribution in [0.5, 0.6) is 0 Å². The molecule has 0 spiro atoms. The van der Waals surface area contributed by atoms with Gasteiger partial charge in [-0.25, -0.2) is 4.98 Å². The van der Waals surface area contributed by atoms with E-state index in [9.17, 15) is 4.79 Å².